The Morgan fingerprint density at radius 2 is 1.05 bits per heavy atom. The van der Waals surface area contributed by atoms with Gasteiger partial charge in [0.15, 0.2) is 0 Å². The molecule has 120 valence electrons. The van der Waals surface area contributed by atoms with E-state index in [4.69, 9.17) is 0 Å². The van der Waals surface area contributed by atoms with E-state index < -0.39 is 0 Å². The van der Waals surface area contributed by atoms with Crippen LogP contribution in [0, 0.1) is 0 Å². The van der Waals surface area contributed by atoms with Crippen molar-refractivity contribution in [2.24, 2.45) is 0 Å². The maximum absolute atomic E-state index is 2.55. The molecule has 21 heavy (non-hydrogen) atoms. The first-order chi connectivity index (χ1) is 9.97. The fourth-order valence-electron chi connectivity index (χ4n) is 3.81. The Bertz CT molecular complexity index is 402. The highest BCUT2D eigenvalue weighted by molar-refractivity contribution is 5.49. The zero-order valence-electron chi connectivity index (χ0n) is 15.5. The van der Waals surface area contributed by atoms with Gasteiger partial charge in [-0.25, -0.2) is 0 Å². The number of hydrogen-bond donors (Lipinski definition) is 0. The van der Waals surface area contributed by atoms with Gasteiger partial charge >= 0.3 is 0 Å². The monoisotopic (exact) mass is 288 g/mol. The van der Waals surface area contributed by atoms with Crippen molar-refractivity contribution >= 4 is 0 Å². The molecule has 0 unspecified atom stereocenters. The minimum Gasteiger partial charge on any atom is -0.0651 e. The van der Waals surface area contributed by atoms with Crippen LogP contribution in [0.25, 0.3) is 0 Å². The molecule has 1 aromatic carbocycles. The van der Waals surface area contributed by atoms with Gasteiger partial charge in [-0.2, -0.15) is 0 Å². The van der Waals surface area contributed by atoms with Crippen molar-refractivity contribution < 1.29 is 0 Å². The Hall–Kier alpha value is -0.780. The summed E-state index contributed by atoms with van der Waals surface area (Å²) in [6.45, 7) is 16.4. The van der Waals surface area contributed by atoms with E-state index >= 15 is 0 Å². The predicted octanol–water partition coefficient (Wildman–Crippen LogP) is 6.79. The lowest BCUT2D eigenvalue weighted by atomic mass is 9.79. The van der Waals surface area contributed by atoms with Crippen LogP contribution in [0.4, 0.5) is 0 Å². The van der Waals surface area contributed by atoms with Gasteiger partial charge in [-0.15, -0.1) is 0 Å². The molecular formula is C21H36. The topological polar surface area (TPSA) is 0 Å². The summed E-state index contributed by atoms with van der Waals surface area (Å²) in [7, 11) is 0. The number of aryl methyl sites for hydroxylation is 2. The van der Waals surface area contributed by atoms with Crippen molar-refractivity contribution in [3.63, 3.8) is 0 Å². The lowest BCUT2D eigenvalue weighted by Gasteiger charge is -2.26. The summed E-state index contributed by atoms with van der Waals surface area (Å²) in [5, 5.41) is 0. The van der Waals surface area contributed by atoms with E-state index in [1.54, 1.807) is 27.8 Å². The number of hydrogen-bond acceptors (Lipinski definition) is 0. The Kier molecular flexibility index (Phi) is 7.49. The third-order valence-corrected chi connectivity index (χ3v) is 4.38. The highest BCUT2D eigenvalue weighted by Gasteiger charge is 2.20. The summed E-state index contributed by atoms with van der Waals surface area (Å²) in [5.41, 5.74) is 8.29. The minimum absolute atomic E-state index is 0.640. The number of rotatable bonds is 8. The van der Waals surface area contributed by atoms with Crippen molar-refractivity contribution in [2.75, 3.05) is 0 Å². The molecule has 1 aromatic rings. The largest absolute Gasteiger partial charge is 0.0651 e. The van der Waals surface area contributed by atoms with Crippen LogP contribution in [-0.2, 0) is 19.3 Å². The van der Waals surface area contributed by atoms with Crippen LogP contribution in [0.5, 0.6) is 0 Å². The van der Waals surface area contributed by atoms with Crippen LogP contribution in [0.3, 0.4) is 0 Å². The summed E-state index contributed by atoms with van der Waals surface area (Å²) >= 11 is 0. The van der Waals surface area contributed by atoms with E-state index in [-0.39, 0.29) is 0 Å². The normalized spacial score (nSPS) is 11.7. The molecule has 0 saturated heterocycles. The van der Waals surface area contributed by atoms with Crippen LogP contribution < -0.4 is 0 Å². The molecule has 0 spiro atoms. The van der Waals surface area contributed by atoms with Gasteiger partial charge in [-0.1, -0.05) is 73.8 Å². The first-order valence-corrected chi connectivity index (χ1v) is 9.15. The standard InChI is InChI=1S/C21H36/c1-8-11-17-14-18(12-9-2)21(16(6)7)19(13-10-3)20(17)15(4)5/h14-16H,8-13H2,1-7H3. The highest BCUT2D eigenvalue weighted by Crippen LogP contribution is 2.35. The SMILES string of the molecule is CCCc1cc(CCC)c(C(C)C)c(CCC)c1C(C)C. The first-order valence-electron chi connectivity index (χ1n) is 9.15. The summed E-state index contributed by atoms with van der Waals surface area (Å²) in [6.07, 6.45) is 7.46. The lowest BCUT2D eigenvalue weighted by molar-refractivity contribution is 0.739. The molecule has 1 rings (SSSR count). The fourth-order valence-corrected chi connectivity index (χ4v) is 3.81. The minimum atomic E-state index is 0.640. The maximum atomic E-state index is 2.55. The molecule has 0 aliphatic rings. The van der Waals surface area contributed by atoms with Crippen molar-refractivity contribution in [1.82, 2.24) is 0 Å². The van der Waals surface area contributed by atoms with Gasteiger partial charge in [0.1, 0.15) is 0 Å². The second-order valence-electron chi connectivity index (χ2n) is 7.06. The molecule has 0 bridgehead atoms. The molecule has 0 nitrogen and oxygen atoms in total. The lowest BCUT2D eigenvalue weighted by Crippen LogP contribution is -2.11. The van der Waals surface area contributed by atoms with Crippen molar-refractivity contribution in [2.45, 2.75) is 98.8 Å². The van der Waals surface area contributed by atoms with E-state index in [1.807, 2.05) is 0 Å². The summed E-state index contributed by atoms with van der Waals surface area (Å²) in [5.74, 6) is 1.28. The smallest absolute Gasteiger partial charge is 0.0213 e. The highest BCUT2D eigenvalue weighted by atomic mass is 14.2. The molecule has 0 fully saturated rings. The third kappa shape index (κ3) is 4.34. The zero-order valence-corrected chi connectivity index (χ0v) is 15.5. The van der Waals surface area contributed by atoms with E-state index in [0.717, 1.165) is 0 Å². The van der Waals surface area contributed by atoms with Gasteiger partial charge in [-0.3, -0.25) is 0 Å². The molecule has 0 atom stereocenters. The fraction of sp³-hybridized carbons (Fsp3) is 0.714. The molecule has 0 aliphatic heterocycles. The van der Waals surface area contributed by atoms with Crippen LogP contribution >= 0.6 is 0 Å². The molecule has 0 aromatic heterocycles. The third-order valence-electron chi connectivity index (χ3n) is 4.38. The van der Waals surface area contributed by atoms with Crippen molar-refractivity contribution in [3.8, 4) is 0 Å². The summed E-state index contributed by atoms with van der Waals surface area (Å²) in [4.78, 5) is 0. The molecule has 0 aliphatic carbocycles. The Morgan fingerprint density at radius 1 is 0.667 bits per heavy atom. The molecular weight excluding hydrogens is 252 g/mol. The van der Waals surface area contributed by atoms with E-state index in [9.17, 15) is 0 Å². The van der Waals surface area contributed by atoms with Gasteiger partial charge in [0.05, 0.1) is 0 Å². The second-order valence-corrected chi connectivity index (χ2v) is 7.06. The summed E-state index contributed by atoms with van der Waals surface area (Å²) in [6, 6.07) is 2.55. The van der Waals surface area contributed by atoms with Gasteiger partial charge in [0.2, 0.25) is 0 Å². The van der Waals surface area contributed by atoms with Gasteiger partial charge in [0, 0.05) is 0 Å². The van der Waals surface area contributed by atoms with Crippen molar-refractivity contribution in [3.05, 3.63) is 33.9 Å². The Labute approximate surface area is 133 Å². The van der Waals surface area contributed by atoms with Crippen LogP contribution in [-0.4, -0.2) is 0 Å². The molecule has 0 heterocycles. The Balaban J connectivity index is 3.61. The average molecular weight is 289 g/mol. The molecule has 0 amide bonds. The van der Waals surface area contributed by atoms with E-state index in [1.165, 1.54) is 38.5 Å². The first kappa shape index (κ1) is 18.3. The number of benzene rings is 1. The average Bonchev–Trinajstić information content (AvgIpc) is 2.38. The quantitative estimate of drug-likeness (QED) is 0.494. The van der Waals surface area contributed by atoms with Crippen LogP contribution in [0.2, 0.25) is 0 Å². The van der Waals surface area contributed by atoms with E-state index in [2.05, 4.69) is 54.5 Å². The second kappa shape index (κ2) is 8.61. The van der Waals surface area contributed by atoms with Gasteiger partial charge in [0.25, 0.3) is 0 Å². The zero-order chi connectivity index (χ0) is 16.0. The van der Waals surface area contributed by atoms with Crippen LogP contribution in [0.15, 0.2) is 6.07 Å². The van der Waals surface area contributed by atoms with Gasteiger partial charge in [-0.05, 0) is 58.9 Å². The molecule has 0 radical (unpaired) electrons. The summed E-state index contributed by atoms with van der Waals surface area (Å²) < 4.78 is 0. The van der Waals surface area contributed by atoms with Crippen LogP contribution in [0.1, 0.15) is 107 Å². The Morgan fingerprint density at radius 3 is 1.33 bits per heavy atom. The predicted molar refractivity (Wildman–Crippen MR) is 96.6 cm³/mol. The molecule has 0 heteroatoms. The maximum Gasteiger partial charge on any atom is -0.0213 e. The molecule has 0 saturated carbocycles. The molecule has 0 N–H and O–H groups in total. The van der Waals surface area contributed by atoms with Crippen molar-refractivity contribution in [1.29, 1.82) is 0 Å². The van der Waals surface area contributed by atoms with Gasteiger partial charge < -0.3 is 0 Å². The van der Waals surface area contributed by atoms with E-state index in [0.29, 0.717) is 11.8 Å².